The Morgan fingerprint density at radius 2 is 1.75 bits per heavy atom. The largest absolute Gasteiger partial charge is 0.356 e. The topological polar surface area (TPSA) is 12.0 Å². The lowest BCUT2D eigenvalue weighted by molar-refractivity contribution is 0.290. The lowest BCUT2D eigenvalue weighted by Crippen LogP contribution is -2.19. The summed E-state index contributed by atoms with van der Waals surface area (Å²) in [5.74, 6) is 0.00482. The molecule has 1 N–H and O–H groups in total. The molecule has 1 aromatic rings. The second kappa shape index (κ2) is 4.10. The zero-order chi connectivity index (χ0) is 8.97. The van der Waals surface area contributed by atoms with Crippen molar-refractivity contribution < 1.29 is 4.39 Å². The van der Waals surface area contributed by atoms with Crippen LogP contribution in [0.15, 0.2) is 30.3 Å². The molecule has 0 spiro atoms. The van der Waals surface area contributed by atoms with Gasteiger partial charge in [0.25, 0.3) is 0 Å². The van der Waals surface area contributed by atoms with Gasteiger partial charge in [-0.3, -0.25) is 0 Å². The summed E-state index contributed by atoms with van der Waals surface area (Å²) in [4.78, 5) is 0. The van der Waals surface area contributed by atoms with E-state index in [2.05, 4.69) is 5.32 Å². The zero-order valence-corrected chi connectivity index (χ0v) is 7.42. The molecular weight excluding hydrogens is 153 g/mol. The van der Waals surface area contributed by atoms with Gasteiger partial charge in [-0.2, -0.15) is 0 Å². The van der Waals surface area contributed by atoms with Gasteiger partial charge in [0.2, 0.25) is 0 Å². The van der Waals surface area contributed by atoms with Crippen molar-refractivity contribution in [2.75, 3.05) is 5.32 Å². The Labute approximate surface area is 72.6 Å². The van der Waals surface area contributed by atoms with Gasteiger partial charge in [0.1, 0.15) is 0 Å². The van der Waals surface area contributed by atoms with Crippen molar-refractivity contribution in [2.45, 2.75) is 20.1 Å². The van der Waals surface area contributed by atoms with E-state index in [0.717, 1.165) is 5.69 Å². The maximum atomic E-state index is 13.1. The molecule has 1 aromatic carbocycles. The second-order valence-electron chi connectivity index (χ2n) is 3.16. The Morgan fingerprint density at radius 3 is 2.25 bits per heavy atom. The van der Waals surface area contributed by atoms with E-state index < -0.39 is 6.30 Å². The molecule has 1 nitrogen and oxygen atoms in total. The number of anilines is 1. The molecule has 2 heteroatoms. The molecule has 0 aliphatic rings. The number of nitrogens with one attached hydrogen (secondary N) is 1. The molecule has 0 saturated carbocycles. The van der Waals surface area contributed by atoms with E-state index in [-0.39, 0.29) is 5.92 Å². The van der Waals surface area contributed by atoms with E-state index in [0.29, 0.717) is 0 Å². The summed E-state index contributed by atoms with van der Waals surface area (Å²) in [5.41, 5.74) is 0.832. The smallest absolute Gasteiger partial charge is 0.172 e. The minimum atomic E-state index is -0.965. The zero-order valence-electron chi connectivity index (χ0n) is 7.42. The quantitative estimate of drug-likeness (QED) is 0.682. The number of rotatable bonds is 3. The molecule has 0 heterocycles. The van der Waals surface area contributed by atoms with E-state index in [1.54, 1.807) is 0 Å². The first-order valence-corrected chi connectivity index (χ1v) is 4.16. The van der Waals surface area contributed by atoms with Gasteiger partial charge in [0, 0.05) is 11.6 Å². The summed E-state index contributed by atoms with van der Waals surface area (Å²) in [6.07, 6.45) is -0.965. The van der Waals surface area contributed by atoms with Gasteiger partial charge < -0.3 is 5.32 Å². The summed E-state index contributed by atoms with van der Waals surface area (Å²) in [6, 6.07) is 9.39. The molecule has 1 unspecified atom stereocenters. The maximum Gasteiger partial charge on any atom is 0.172 e. The number of alkyl halides is 1. The van der Waals surface area contributed by atoms with Gasteiger partial charge in [0.15, 0.2) is 6.30 Å². The SMILES string of the molecule is CC(C)C(F)Nc1ccccc1. The molecular formula is C10H14FN. The third-order valence-corrected chi connectivity index (χ3v) is 1.66. The van der Waals surface area contributed by atoms with Crippen molar-refractivity contribution in [1.29, 1.82) is 0 Å². The highest BCUT2D eigenvalue weighted by Gasteiger charge is 2.09. The van der Waals surface area contributed by atoms with Crippen LogP contribution in [0, 0.1) is 5.92 Å². The number of hydrogen-bond donors (Lipinski definition) is 1. The third-order valence-electron chi connectivity index (χ3n) is 1.66. The second-order valence-corrected chi connectivity index (χ2v) is 3.16. The number of halogens is 1. The Balaban J connectivity index is 2.53. The molecule has 0 bridgehead atoms. The van der Waals surface area contributed by atoms with E-state index in [9.17, 15) is 4.39 Å². The lowest BCUT2D eigenvalue weighted by Gasteiger charge is -2.14. The number of benzene rings is 1. The fourth-order valence-electron chi connectivity index (χ4n) is 0.860. The molecule has 66 valence electrons. The van der Waals surface area contributed by atoms with Gasteiger partial charge >= 0.3 is 0 Å². The normalized spacial score (nSPS) is 13.0. The van der Waals surface area contributed by atoms with Gasteiger partial charge in [-0.05, 0) is 12.1 Å². The van der Waals surface area contributed by atoms with Crippen LogP contribution in [0.5, 0.6) is 0 Å². The summed E-state index contributed by atoms with van der Waals surface area (Å²) >= 11 is 0. The van der Waals surface area contributed by atoms with Gasteiger partial charge in [-0.15, -0.1) is 0 Å². The summed E-state index contributed by atoms with van der Waals surface area (Å²) in [7, 11) is 0. The van der Waals surface area contributed by atoms with Crippen LogP contribution in [0.3, 0.4) is 0 Å². The first kappa shape index (κ1) is 9.04. The standard InChI is InChI=1S/C10H14FN/c1-8(2)10(11)12-9-6-4-3-5-7-9/h3-8,10,12H,1-2H3. The first-order chi connectivity index (χ1) is 5.70. The van der Waals surface area contributed by atoms with Crippen molar-refractivity contribution in [3.8, 4) is 0 Å². The Morgan fingerprint density at radius 1 is 1.17 bits per heavy atom. The van der Waals surface area contributed by atoms with Crippen molar-refractivity contribution in [3.05, 3.63) is 30.3 Å². The molecule has 0 aliphatic heterocycles. The predicted molar refractivity (Wildman–Crippen MR) is 49.8 cm³/mol. The minimum Gasteiger partial charge on any atom is -0.356 e. The highest BCUT2D eigenvalue weighted by Crippen LogP contribution is 2.12. The van der Waals surface area contributed by atoms with Crippen molar-refractivity contribution in [3.63, 3.8) is 0 Å². The van der Waals surface area contributed by atoms with Crippen LogP contribution >= 0.6 is 0 Å². The Hall–Kier alpha value is -1.05. The van der Waals surface area contributed by atoms with Crippen molar-refractivity contribution in [1.82, 2.24) is 0 Å². The van der Waals surface area contributed by atoms with E-state index in [4.69, 9.17) is 0 Å². The van der Waals surface area contributed by atoms with Gasteiger partial charge in [-0.1, -0.05) is 32.0 Å². The average Bonchev–Trinajstić information content (AvgIpc) is 2.06. The molecule has 0 fully saturated rings. The van der Waals surface area contributed by atoms with Crippen LogP contribution in [0.25, 0.3) is 0 Å². The first-order valence-electron chi connectivity index (χ1n) is 4.16. The van der Waals surface area contributed by atoms with E-state index in [1.165, 1.54) is 0 Å². The van der Waals surface area contributed by atoms with Crippen LogP contribution in [0.1, 0.15) is 13.8 Å². The molecule has 1 rings (SSSR count). The van der Waals surface area contributed by atoms with Crippen LogP contribution in [0.2, 0.25) is 0 Å². The molecule has 1 atom stereocenters. The van der Waals surface area contributed by atoms with Crippen LogP contribution in [0.4, 0.5) is 10.1 Å². The molecule has 0 saturated heterocycles. The lowest BCUT2D eigenvalue weighted by atomic mass is 10.2. The Bertz CT molecular complexity index is 221. The molecule has 0 amide bonds. The van der Waals surface area contributed by atoms with Crippen molar-refractivity contribution in [2.24, 2.45) is 5.92 Å². The average molecular weight is 167 g/mol. The predicted octanol–water partition coefficient (Wildman–Crippen LogP) is 3.05. The van der Waals surface area contributed by atoms with Crippen LogP contribution < -0.4 is 5.32 Å². The van der Waals surface area contributed by atoms with Gasteiger partial charge in [-0.25, -0.2) is 4.39 Å². The van der Waals surface area contributed by atoms with E-state index in [1.807, 2.05) is 44.2 Å². The van der Waals surface area contributed by atoms with Crippen molar-refractivity contribution >= 4 is 5.69 Å². The fourth-order valence-corrected chi connectivity index (χ4v) is 0.860. The van der Waals surface area contributed by atoms with E-state index >= 15 is 0 Å². The monoisotopic (exact) mass is 167 g/mol. The maximum absolute atomic E-state index is 13.1. The minimum absolute atomic E-state index is 0.00482. The summed E-state index contributed by atoms with van der Waals surface area (Å²) in [6.45, 7) is 3.70. The number of hydrogen-bond acceptors (Lipinski definition) is 1. The highest BCUT2D eigenvalue weighted by molar-refractivity contribution is 5.42. The number of para-hydroxylation sites is 1. The molecule has 0 radical (unpaired) electrons. The summed E-state index contributed by atoms with van der Waals surface area (Å²) < 4.78 is 13.1. The Kier molecular flexibility index (Phi) is 3.09. The van der Waals surface area contributed by atoms with Gasteiger partial charge in [0.05, 0.1) is 0 Å². The van der Waals surface area contributed by atoms with Crippen LogP contribution in [-0.4, -0.2) is 6.30 Å². The van der Waals surface area contributed by atoms with Crippen LogP contribution in [-0.2, 0) is 0 Å². The highest BCUT2D eigenvalue weighted by atomic mass is 19.1. The molecule has 0 aliphatic carbocycles. The molecule has 0 aromatic heterocycles. The third kappa shape index (κ3) is 2.53. The molecule has 12 heavy (non-hydrogen) atoms. The fraction of sp³-hybridized carbons (Fsp3) is 0.400. The summed E-state index contributed by atoms with van der Waals surface area (Å²) in [5, 5.41) is 2.77.